The van der Waals surface area contributed by atoms with Gasteiger partial charge in [-0.05, 0) is 104 Å². The minimum absolute atomic E-state index is 1.00. The first kappa shape index (κ1) is 25.6. The molecule has 0 fully saturated rings. The Kier molecular flexibility index (Phi) is 5.35. The Morgan fingerprint density at radius 2 is 1.02 bits per heavy atom. The zero-order chi connectivity index (χ0) is 30.4. The van der Waals surface area contributed by atoms with Crippen molar-refractivity contribution in [1.29, 1.82) is 0 Å². The van der Waals surface area contributed by atoms with Gasteiger partial charge in [0.15, 0.2) is 0 Å². The molecule has 4 heteroatoms. The average molecular weight is 593 g/mol. The molecule has 1 aliphatic rings. The maximum atomic E-state index is 2.51. The molecule has 0 atom stereocenters. The Balaban J connectivity index is 1.17. The van der Waals surface area contributed by atoms with E-state index in [1.54, 1.807) is 0 Å². The monoisotopic (exact) mass is 592 g/mol. The van der Waals surface area contributed by atoms with E-state index in [9.17, 15) is 0 Å². The molecule has 0 saturated carbocycles. The molecule has 0 spiro atoms. The molecule has 5 heterocycles. The normalized spacial score (nSPS) is 13.1. The van der Waals surface area contributed by atoms with Crippen molar-refractivity contribution in [2.45, 2.75) is 26.3 Å². The van der Waals surface area contributed by atoms with Crippen molar-refractivity contribution in [3.63, 3.8) is 0 Å². The van der Waals surface area contributed by atoms with Crippen LogP contribution >= 0.6 is 0 Å². The highest BCUT2D eigenvalue weighted by molar-refractivity contribution is 6.12. The number of aryl methyl sites for hydroxylation is 2. The van der Waals surface area contributed by atoms with Gasteiger partial charge >= 0.3 is 0 Å². The van der Waals surface area contributed by atoms with Crippen LogP contribution in [0.2, 0.25) is 0 Å². The van der Waals surface area contributed by atoms with E-state index in [1.807, 2.05) is 0 Å². The lowest BCUT2D eigenvalue weighted by Crippen LogP contribution is -2.09. The zero-order valence-electron chi connectivity index (χ0n) is 25.7. The van der Waals surface area contributed by atoms with Gasteiger partial charge in [0.1, 0.15) is 11.6 Å². The fourth-order valence-corrected chi connectivity index (χ4v) is 8.01. The van der Waals surface area contributed by atoms with Crippen LogP contribution in [0.3, 0.4) is 0 Å². The molecule has 46 heavy (non-hydrogen) atoms. The smallest absolute Gasteiger partial charge is 0.119 e. The van der Waals surface area contributed by atoms with Crippen LogP contribution in [0.5, 0.6) is 0 Å². The highest BCUT2D eigenvalue weighted by Gasteiger charge is 2.22. The van der Waals surface area contributed by atoms with Crippen LogP contribution in [0.4, 0.5) is 0 Å². The van der Waals surface area contributed by atoms with Crippen LogP contribution in [0, 0.1) is 6.92 Å². The van der Waals surface area contributed by atoms with Gasteiger partial charge in [0.2, 0.25) is 0 Å². The van der Waals surface area contributed by atoms with E-state index in [4.69, 9.17) is 0 Å². The summed E-state index contributed by atoms with van der Waals surface area (Å²) in [6.07, 6.45) is 2.22. The van der Waals surface area contributed by atoms with Gasteiger partial charge in [-0.2, -0.15) is 0 Å². The van der Waals surface area contributed by atoms with Crippen molar-refractivity contribution >= 4 is 43.6 Å². The zero-order valence-corrected chi connectivity index (χ0v) is 25.7. The molecule has 5 aromatic carbocycles. The van der Waals surface area contributed by atoms with Gasteiger partial charge in [-0.3, -0.25) is 4.57 Å². The van der Waals surface area contributed by atoms with Gasteiger partial charge < -0.3 is 13.7 Å². The molecule has 220 valence electrons. The first-order valence-corrected chi connectivity index (χ1v) is 16.2. The summed E-state index contributed by atoms with van der Waals surface area (Å²) in [6, 6.07) is 51.4. The van der Waals surface area contributed by atoms with Gasteiger partial charge in [0.25, 0.3) is 0 Å². The standard InChI is InChI=1S/C42H32N4/c1-28-17-20-32-12-9-25-43-41(44(28)32)23-24-42(43)46-38-16-8-6-14-34(38)36-27-30(19-22-40(36)46)29-18-21-39-35(26-29)33-13-5-7-15-37(33)45(39)31-10-3-2-4-11-31/h2-8,10-11,13-24,26-27H,9,12,25H2,1H3. The lowest BCUT2D eigenvalue weighted by Gasteiger charge is -2.15. The minimum atomic E-state index is 1.00. The molecular formula is C42H32N4. The number of para-hydroxylation sites is 3. The lowest BCUT2D eigenvalue weighted by atomic mass is 10.0. The van der Waals surface area contributed by atoms with Crippen LogP contribution in [0.25, 0.3) is 72.1 Å². The molecule has 10 rings (SSSR count). The van der Waals surface area contributed by atoms with Crippen molar-refractivity contribution in [3.8, 4) is 28.5 Å². The molecule has 0 unspecified atom stereocenters. The molecule has 0 saturated heterocycles. The molecule has 4 aromatic heterocycles. The predicted molar refractivity (Wildman–Crippen MR) is 191 cm³/mol. The highest BCUT2D eigenvalue weighted by Crippen LogP contribution is 2.39. The summed E-state index contributed by atoms with van der Waals surface area (Å²) in [4.78, 5) is 0. The van der Waals surface area contributed by atoms with Gasteiger partial charge in [-0.25, -0.2) is 0 Å². The van der Waals surface area contributed by atoms with Gasteiger partial charge in [0, 0.05) is 45.2 Å². The Labute approximate surface area is 267 Å². The third kappa shape index (κ3) is 3.55. The van der Waals surface area contributed by atoms with Gasteiger partial charge in [-0.1, -0.05) is 66.7 Å². The number of aromatic nitrogens is 4. The van der Waals surface area contributed by atoms with Crippen molar-refractivity contribution in [1.82, 2.24) is 18.3 Å². The second-order valence-corrected chi connectivity index (χ2v) is 12.6. The second kappa shape index (κ2) is 9.63. The molecule has 0 aliphatic carbocycles. The SMILES string of the molecule is Cc1ccc2n1-c1ccc(-n3c4ccccc4c4cc(-c5ccc6c(c5)c5ccccc5n6-c5ccccc5)ccc43)n1CCC2. The van der Waals surface area contributed by atoms with Crippen molar-refractivity contribution in [2.75, 3.05) is 0 Å². The summed E-state index contributed by atoms with van der Waals surface area (Å²) >= 11 is 0. The number of rotatable bonds is 3. The first-order chi connectivity index (χ1) is 22.7. The quantitative estimate of drug-likeness (QED) is 0.195. The minimum Gasteiger partial charge on any atom is -0.313 e. The van der Waals surface area contributed by atoms with Crippen molar-refractivity contribution < 1.29 is 0 Å². The van der Waals surface area contributed by atoms with Gasteiger partial charge in [0.05, 0.1) is 22.1 Å². The molecular weight excluding hydrogens is 560 g/mol. The summed E-state index contributed by atoms with van der Waals surface area (Å²) in [5.41, 5.74) is 11.3. The highest BCUT2D eigenvalue weighted by atomic mass is 15.2. The fraction of sp³-hybridized carbons (Fsp3) is 0.0952. The summed E-state index contributed by atoms with van der Waals surface area (Å²) < 4.78 is 9.80. The molecule has 9 aromatic rings. The number of benzene rings is 5. The van der Waals surface area contributed by atoms with E-state index in [0.717, 1.165) is 19.4 Å². The maximum Gasteiger partial charge on any atom is 0.119 e. The molecule has 0 radical (unpaired) electrons. The number of hydrogen-bond acceptors (Lipinski definition) is 0. The van der Waals surface area contributed by atoms with E-state index in [-0.39, 0.29) is 0 Å². The van der Waals surface area contributed by atoms with E-state index in [0.29, 0.717) is 0 Å². The fourth-order valence-electron chi connectivity index (χ4n) is 8.01. The molecule has 4 nitrogen and oxygen atoms in total. The van der Waals surface area contributed by atoms with Crippen LogP contribution in [-0.2, 0) is 13.0 Å². The topological polar surface area (TPSA) is 19.7 Å². The Hall–Kier alpha value is -5.74. The second-order valence-electron chi connectivity index (χ2n) is 12.6. The van der Waals surface area contributed by atoms with Crippen LogP contribution in [0.1, 0.15) is 17.8 Å². The Morgan fingerprint density at radius 1 is 0.457 bits per heavy atom. The van der Waals surface area contributed by atoms with Crippen molar-refractivity contribution in [2.24, 2.45) is 0 Å². The number of hydrogen-bond donors (Lipinski definition) is 0. The molecule has 0 N–H and O–H groups in total. The van der Waals surface area contributed by atoms with Crippen molar-refractivity contribution in [3.05, 3.63) is 151 Å². The average Bonchev–Trinajstić information content (AvgIpc) is 3.82. The summed E-state index contributed by atoms with van der Waals surface area (Å²) in [5.74, 6) is 2.49. The number of nitrogens with zero attached hydrogens (tertiary/aromatic N) is 4. The van der Waals surface area contributed by atoms with Crippen LogP contribution < -0.4 is 0 Å². The maximum absolute atomic E-state index is 2.51. The largest absolute Gasteiger partial charge is 0.313 e. The van der Waals surface area contributed by atoms with E-state index in [2.05, 4.69) is 165 Å². The van der Waals surface area contributed by atoms with Gasteiger partial charge in [-0.15, -0.1) is 0 Å². The summed E-state index contributed by atoms with van der Waals surface area (Å²) in [5, 5.41) is 5.11. The molecule has 0 bridgehead atoms. The first-order valence-electron chi connectivity index (χ1n) is 16.2. The summed E-state index contributed by atoms with van der Waals surface area (Å²) in [6.45, 7) is 3.21. The third-order valence-electron chi connectivity index (χ3n) is 10.1. The molecule has 0 amide bonds. The van der Waals surface area contributed by atoms with Crippen LogP contribution in [-0.4, -0.2) is 18.3 Å². The Bertz CT molecular complexity index is 2620. The van der Waals surface area contributed by atoms with Crippen LogP contribution in [0.15, 0.2) is 140 Å². The Morgan fingerprint density at radius 3 is 1.72 bits per heavy atom. The van der Waals surface area contributed by atoms with E-state index in [1.165, 1.54) is 83.4 Å². The van der Waals surface area contributed by atoms with E-state index < -0.39 is 0 Å². The third-order valence-corrected chi connectivity index (χ3v) is 10.1. The lowest BCUT2D eigenvalue weighted by molar-refractivity contribution is 0.649. The number of fused-ring (bicyclic) bond motifs is 9. The predicted octanol–water partition coefficient (Wildman–Crippen LogP) is 10.4. The molecule has 1 aliphatic heterocycles. The van der Waals surface area contributed by atoms with E-state index >= 15 is 0 Å². The summed E-state index contributed by atoms with van der Waals surface area (Å²) in [7, 11) is 0.